The molecular weight excluding hydrogens is 340 g/mol. The number of aromatic nitrogens is 1. The van der Waals surface area contributed by atoms with Crippen LogP contribution in [0.15, 0.2) is 0 Å². The van der Waals surface area contributed by atoms with E-state index in [1.165, 1.54) is 16.2 Å². The summed E-state index contributed by atoms with van der Waals surface area (Å²) in [5, 5.41) is 3.32. The standard InChI is InChI=1S/C17H22N4O3S/c1-20-7-6-12-13(8-20)25-17(18-12)19-14(22)9-21-15(23)10-4-2-3-5-11(10)16(21)24/h10-11H,2-9H2,1H3,(H,18,19,22)/t10-,11-/m0/s1. The lowest BCUT2D eigenvalue weighted by atomic mass is 9.81. The lowest BCUT2D eigenvalue weighted by molar-refractivity contribution is -0.142. The molecule has 2 atom stereocenters. The Morgan fingerprint density at radius 1 is 1.24 bits per heavy atom. The highest BCUT2D eigenvalue weighted by Crippen LogP contribution is 2.38. The number of anilines is 1. The Kier molecular flexibility index (Phi) is 4.33. The maximum atomic E-state index is 12.4. The Balaban J connectivity index is 1.41. The van der Waals surface area contributed by atoms with E-state index in [1.807, 2.05) is 0 Å². The van der Waals surface area contributed by atoms with Crippen molar-refractivity contribution in [1.82, 2.24) is 14.8 Å². The number of hydrogen-bond acceptors (Lipinski definition) is 6. The molecule has 3 heterocycles. The largest absolute Gasteiger partial charge is 0.301 e. The van der Waals surface area contributed by atoms with Gasteiger partial charge in [-0.1, -0.05) is 12.8 Å². The number of nitrogens with one attached hydrogen (secondary N) is 1. The average molecular weight is 362 g/mol. The van der Waals surface area contributed by atoms with Crippen LogP contribution in [0.4, 0.5) is 5.13 Å². The zero-order valence-corrected chi connectivity index (χ0v) is 15.1. The van der Waals surface area contributed by atoms with E-state index in [9.17, 15) is 14.4 Å². The Bertz CT molecular complexity index is 707. The minimum absolute atomic E-state index is 0.176. The van der Waals surface area contributed by atoms with E-state index in [1.54, 1.807) is 0 Å². The number of likely N-dealkylation sites (tertiary alicyclic amines) is 1. The molecule has 3 aliphatic rings. The van der Waals surface area contributed by atoms with E-state index < -0.39 is 0 Å². The quantitative estimate of drug-likeness (QED) is 0.818. The van der Waals surface area contributed by atoms with Crippen molar-refractivity contribution in [2.75, 3.05) is 25.5 Å². The molecule has 7 nitrogen and oxygen atoms in total. The summed E-state index contributed by atoms with van der Waals surface area (Å²) in [6.45, 7) is 1.60. The molecule has 1 aliphatic carbocycles. The number of nitrogens with zero attached hydrogens (tertiary/aromatic N) is 3. The SMILES string of the molecule is CN1CCc2nc(NC(=O)CN3C(=O)[C@H]4CCCC[C@@H]4C3=O)sc2C1. The Morgan fingerprint density at radius 3 is 2.60 bits per heavy atom. The number of hydrogen-bond donors (Lipinski definition) is 1. The monoisotopic (exact) mass is 362 g/mol. The van der Waals surface area contributed by atoms with Gasteiger partial charge < -0.3 is 10.2 Å². The van der Waals surface area contributed by atoms with Crippen LogP contribution in [-0.2, 0) is 27.3 Å². The topological polar surface area (TPSA) is 82.6 Å². The number of carbonyl (C=O) groups is 3. The highest BCUT2D eigenvalue weighted by Gasteiger charge is 2.48. The molecule has 0 aromatic carbocycles. The fourth-order valence-electron chi connectivity index (χ4n) is 4.07. The van der Waals surface area contributed by atoms with Crippen molar-refractivity contribution >= 4 is 34.2 Å². The van der Waals surface area contributed by atoms with Crippen LogP contribution >= 0.6 is 11.3 Å². The van der Waals surface area contributed by atoms with E-state index in [2.05, 4.69) is 22.2 Å². The Morgan fingerprint density at radius 2 is 1.92 bits per heavy atom. The van der Waals surface area contributed by atoms with Crippen molar-refractivity contribution in [1.29, 1.82) is 0 Å². The summed E-state index contributed by atoms with van der Waals surface area (Å²) in [5.74, 6) is -1.12. The van der Waals surface area contributed by atoms with E-state index in [0.717, 1.165) is 55.8 Å². The van der Waals surface area contributed by atoms with Gasteiger partial charge in [0, 0.05) is 24.4 Å². The van der Waals surface area contributed by atoms with Crippen molar-refractivity contribution in [3.8, 4) is 0 Å². The first kappa shape index (κ1) is 16.7. The Labute approximate surface area is 150 Å². The van der Waals surface area contributed by atoms with Crippen molar-refractivity contribution in [2.45, 2.75) is 38.6 Å². The summed E-state index contributed by atoms with van der Waals surface area (Å²) in [6, 6.07) is 0. The molecule has 4 rings (SSSR count). The second kappa shape index (κ2) is 6.49. The van der Waals surface area contributed by atoms with Gasteiger partial charge in [-0.3, -0.25) is 19.3 Å². The van der Waals surface area contributed by atoms with Crippen LogP contribution in [-0.4, -0.2) is 52.6 Å². The molecule has 8 heteroatoms. The van der Waals surface area contributed by atoms with Crippen LogP contribution in [0.2, 0.25) is 0 Å². The van der Waals surface area contributed by atoms with Gasteiger partial charge >= 0.3 is 0 Å². The summed E-state index contributed by atoms with van der Waals surface area (Å²) in [6.07, 6.45) is 4.38. The molecule has 134 valence electrons. The third-order valence-electron chi connectivity index (χ3n) is 5.40. The van der Waals surface area contributed by atoms with Crippen LogP contribution in [0.25, 0.3) is 0 Å². The highest BCUT2D eigenvalue weighted by atomic mass is 32.1. The van der Waals surface area contributed by atoms with Crippen LogP contribution in [0.3, 0.4) is 0 Å². The number of likely N-dealkylation sites (N-methyl/N-ethyl adjacent to an activating group) is 1. The van der Waals surface area contributed by atoms with Gasteiger partial charge in [-0.25, -0.2) is 4.98 Å². The Hall–Kier alpha value is -1.80. The first-order chi connectivity index (χ1) is 12.0. The smallest absolute Gasteiger partial charge is 0.246 e. The highest BCUT2D eigenvalue weighted by molar-refractivity contribution is 7.15. The van der Waals surface area contributed by atoms with Gasteiger partial charge in [0.1, 0.15) is 6.54 Å². The third-order valence-corrected chi connectivity index (χ3v) is 6.40. The molecule has 2 aliphatic heterocycles. The second-order valence-corrected chi connectivity index (χ2v) is 8.27. The van der Waals surface area contributed by atoms with Crippen molar-refractivity contribution in [3.05, 3.63) is 10.6 Å². The number of rotatable bonds is 3. The number of fused-ring (bicyclic) bond motifs is 2. The molecule has 25 heavy (non-hydrogen) atoms. The molecule has 1 aromatic rings. The zero-order chi connectivity index (χ0) is 17.6. The fourth-order valence-corrected chi connectivity index (χ4v) is 5.17. The predicted molar refractivity (Wildman–Crippen MR) is 92.9 cm³/mol. The van der Waals surface area contributed by atoms with E-state index in [4.69, 9.17) is 0 Å². The predicted octanol–water partition coefficient (Wildman–Crippen LogP) is 1.24. The molecule has 3 amide bonds. The van der Waals surface area contributed by atoms with Crippen LogP contribution in [0.5, 0.6) is 0 Å². The number of thiazole rings is 1. The lowest BCUT2D eigenvalue weighted by Gasteiger charge is -2.20. The molecule has 0 radical (unpaired) electrons. The number of imide groups is 1. The van der Waals surface area contributed by atoms with Crippen molar-refractivity contribution < 1.29 is 14.4 Å². The van der Waals surface area contributed by atoms with Crippen LogP contribution in [0.1, 0.15) is 36.3 Å². The maximum absolute atomic E-state index is 12.4. The molecule has 0 bridgehead atoms. The van der Waals surface area contributed by atoms with Gasteiger partial charge in [-0.15, -0.1) is 11.3 Å². The molecule has 2 fully saturated rings. The van der Waals surface area contributed by atoms with Crippen molar-refractivity contribution in [2.24, 2.45) is 11.8 Å². The molecule has 1 saturated heterocycles. The molecule has 0 spiro atoms. The lowest BCUT2D eigenvalue weighted by Crippen LogP contribution is -2.38. The van der Waals surface area contributed by atoms with Gasteiger partial charge in [-0.2, -0.15) is 0 Å². The first-order valence-corrected chi connectivity index (χ1v) is 9.67. The molecular formula is C17H22N4O3S. The maximum Gasteiger partial charge on any atom is 0.246 e. The van der Waals surface area contributed by atoms with Crippen LogP contribution < -0.4 is 5.32 Å². The molecule has 0 unspecified atom stereocenters. The van der Waals surface area contributed by atoms with Gasteiger partial charge in [0.05, 0.1) is 17.5 Å². The minimum Gasteiger partial charge on any atom is -0.301 e. The molecule has 1 saturated carbocycles. The van der Waals surface area contributed by atoms with E-state index >= 15 is 0 Å². The average Bonchev–Trinajstić information content (AvgIpc) is 3.09. The van der Waals surface area contributed by atoms with Gasteiger partial charge in [0.15, 0.2) is 5.13 Å². The van der Waals surface area contributed by atoms with E-state index in [0.29, 0.717) is 5.13 Å². The first-order valence-electron chi connectivity index (χ1n) is 8.85. The van der Waals surface area contributed by atoms with Gasteiger partial charge in [0.25, 0.3) is 0 Å². The van der Waals surface area contributed by atoms with Gasteiger partial charge in [-0.05, 0) is 19.9 Å². The van der Waals surface area contributed by atoms with Crippen molar-refractivity contribution in [3.63, 3.8) is 0 Å². The van der Waals surface area contributed by atoms with Crippen LogP contribution in [0, 0.1) is 11.8 Å². The third kappa shape index (κ3) is 3.08. The number of carbonyl (C=O) groups excluding carboxylic acids is 3. The molecule has 1 N–H and O–H groups in total. The summed E-state index contributed by atoms with van der Waals surface area (Å²) >= 11 is 1.47. The van der Waals surface area contributed by atoms with Gasteiger partial charge in [0.2, 0.25) is 17.7 Å². The summed E-state index contributed by atoms with van der Waals surface area (Å²) in [7, 11) is 2.06. The molecule has 1 aromatic heterocycles. The summed E-state index contributed by atoms with van der Waals surface area (Å²) in [5.41, 5.74) is 1.04. The van der Waals surface area contributed by atoms with E-state index in [-0.39, 0.29) is 36.1 Å². The number of amides is 3. The summed E-state index contributed by atoms with van der Waals surface area (Å²) < 4.78 is 0. The fraction of sp³-hybridized carbons (Fsp3) is 0.647. The minimum atomic E-state index is -0.347. The zero-order valence-electron chi connectivity index (χ0n) is 14.3. The second-order valence-electron chi connectivity index (χ2n) is 7.18. The summed E-state index contributed by atoms with van der Waals surface area (Å²) in [4.78, 5) is 46.2. The normalized spacial score (nSPS) is 26.5.